The number of rotatable bonds is 9. The zero-order valence-corrected chi connectivity index (χ0v) is 13.0. The van der Waals surface area contributed by atoms with Gasteiger partial charge in [0.1, 0.15) is 6.42 Å². The van der Waals surface area contributed by atoms with Gasteiger partial charge in [0.05, 0.1) is 6.61 Å². The molecule has 0 atom stereocenters. The van der Waals surface area contributed by atoms with Crippen molar-refractivity contribution in [2.75, 3.05) is 11.9 Å². The maximum Gasteiger partial charge on any atom is 0.317 e. The summed E-state index contributed by atoms with van der Waals surface area (Å²) in [5.41, 5.74) is 0. The molecule has 108 valence electrons. The maximum atomic E-state index is 10.7. The van der Waals surface area contributed by atoms with Crippen LogP contribution in [-0.4, -0.2) is 29.0 Å². The lowest BCUT2D eigenvalue weighted by atomic mass is 10.2. The van der Waals surface area contributed by atoms with Crippen LogP contribution >= 0.6 is 15.9 Å². The van der Waals surface area contributed by atoms with E-state index in [2.05, 4.69) is 29.8 Å². The molecule has 1 N–H and O–H groups in total. The molecule has 4 nitrogen and oxygen atoms in total. The highest BCUT2D eigenvalue weighted by Crippen LogP contribution is 2.02. The molecule has 0 fully saturated rings. The van der Waals surface area contributed by atoms with Crippen molar-refractivity contribution in [1.29, 1.82) is 0 Å². The lowest BCUT2D eigenvalue weighted by molar-refractivity contribution is -0.151. The van der Waals surface area contributed by atoms with Crippen LogP contribution in [0.1, 0.15) is 58.8 Å². The van der Waals surface area contributed by atoms with E-state index in [-0.39, 0.29) is 0 Å². The summed E-state index contributed by atoms with van der Waals surface area (Å²) in [5, 5.41) is 9.24. The molecular weight excluding hydrogens is 300 g/mol. The zero-order chi connectivity index (χ0) is 14.2. The quantitative estimate of drug-likeness (QED) is 0.303. The number of unbranched alkanes of at least 4 members (excludes halogenated alkanes) is 4. The first kappa shape index (κ1) is 19.8. The molecule has 0 saturated heterocycles. The van der Waals surface area contributed by atoms with Crippen molar-refractivity contribution in [3.63, 3.8) is 0 Å². The Hall–Kier alpha value is -0.580. The van der Waals surface area contributed by atoms with Crippen LogP contribution in [0.2, 0.25) is 0 Å². The first-order chi connectivity index (χ1) is 8.58. The van der Waals surface area contributed by atoms with Gasteiger partial charge >= 0.3 is 11.9 Å². The summed E-state index contributed by atoms with van der Waals surface area (Å²) in [4.78, 5) is 20.8. The molecule has 0 aliphatic rings. The highest BCUT2D eigenvalue weighted by atomic mass is 79.9. The Kier molecular flexibility index (Phi) is 18.0. The number of halogens is 1. The predicted octanol–water partition coefficient (Wildman–Crippen LogP) is 3.77. The Morgan fingerprint density at radius 1 is 1.06 bits per heavy atom. The molecule has 0 aliphatic heterocycles. The molecule has 0 rings (SSSR count). The Labute approximate surface area is 118 Å². The van der Waals surface area contributed by atoms with Crippen molar-refractivity contribution in [1.82, 2.24) is 0 Å². The molecule has 0 saturated carbocycles. The van der Waals surface area contributed by atoms with Crippen LogP contribution in [0.5, 0.6) is 0 Å². The second kappa shape index (κ2) is 16.4. The molecule has 0 heterocycles. The van der Waals surface area contributed by atoms with Gasteiger partial charge < -0.3 is 9.84 Å². The fourth-order valence-corrected chi connectivity index (χ4v) is 1.31. The lowest BCUT2D eigenvalue weighted by Gasteiger charge is -2.02. The number of hydrogen-bond acceptors (Lipinski definition) is 3. The van der Waals surface area contributed by atoms with Crippen LogP contribution in [0.3, 0.4) is 0 Å². The molecule has 0 aromatic carbocycles. The first-order valence-electron chi connectivity index (χ1n) is 6.51. The number of alkyl halides is 1. The van der Waals surface area contributed by atoms with Crippen LogP contribution in [0.15, 0.2) is 0 Å². The standard InChI is InChI=1S/C9H15BrO4.C4H10/c10-5-3-1-2-4-6-14-9(13)7-8(11)12;1-3-4-2/h1-7H2,(H,11,12);3-4H2,1-2H3. The number of carbonyl (C=O) groups is 2. The van der Waals surface area contributed by atoms with Gasteiger partial charge in [-0.2, -0.15) is 0 Å². The van der Waals surface area contributed by atoms with E-state index in [9.17, 15) is 9.59 Å². The highest BCUT2D eigenvalue weighted by molar-refractivity contribution is 9.09. The number of esters is 1. The number of hydrogen-bond donors (Lipinski definition) is 1. The molecule has 0 amide bonds. The summed E-state index contributed by atoms with van der Waals surface area (Å²) >= 11 is 3.32. The number of carboxylic acid groups (broad SMARTS) is 1. The summed E-state index contributed by atoms with van der Waals surface area (Å²) < 4.78 is 4.70. The van der Waals surface area contributed by atoms with Crippen LogP contribution < -0.4 is 0 Å². The van der Waals surface area contributed by atoms with Gasteiger partial charge in [0, 0.05) is 5.33 Å². The summed E-state index contributed by atoms with van der Waals surface area (Å²) in [6, 6.07) is 0. The van der Waals surface area contributed by atoms with Gasteiger partial charge in [0.25, 0.3) is 0 Å². The van der Waals surface area contributed by atoms with E-state index in [4.69, 9.17) is 9.84 Å². The van der Waals surface area contributed by atoms with Crippen molar-refractivity contribution >= 4 is 27.9 Å². The van der Waals surface area contributed by atoms with Crippen molar-refractivity contribution in [2.45, 2.75) is 58.8 Å². The topological polar surface area (TPSA) is 63.6 Å². The number of aliphatic carboxylic acids is 1. The normalized spacial score (nSPS) is 9.28. The molecule has 0 spiro atoms. The molecule has 0 aromatic rings. The highest BCUT2D eigenvalue weighted by Gasteiger charge is 2.07. The van der Waals surface area contributed by atoms with E-state index in [0.717, 1.165) is 31.0 Å². The Bertz CT molecular complexity index is 205. The SMILES string of the molecule is CCCC.O=C(O)CC(=O)OCCCCCCBr. The number of ether oxygens (including phenoxy) is 1. The largest absolute Gasteiger partial charge is 0.481 e. The maximum absolute atomic E-state index is 10.7. The minimum Gasteiger partial charge on any atom is -0.481 e. The van der Waals surface area contributed by atoms with E-state index in [1.165, 1.54) is 12.8 Å². The third kappa shape index (κ3) is 20.8. The first-order valence-corrected chi connectivity index (χ1v) is 7.63. The molecule has 18 heavy (non-hydrogen) atoms. The van der Waals surface area contributed by atoms with E-state index >= 15 is 0 Å². The lowest BCUT2D eigenvalue weighted by Crippen LogP contribution is -2.11. The third-order valence-electron chi connectivity index (χ3n) is 2.09. The summed E-state index contributed by atoms with van der Waals surface area (Å²) in [6.45, 7) is 4.69. The molecule has 0 radical (unpaired) electrons. The van der Waals surface area contributed by atoms with Crippen LogP contribution in [0.25, 0.3) is 0 Å². The number of carbonyl (C=O) groups excluding carboxylic acids is 1. The Morgan fingerprint density at radius 3 is 2.06 bits per heavy atom. The Morgan fingerprint density at radius 2 is 1.61 bits per heavy atom. The second-order valence-corrected chi connectivity index (χ2v) is 4.69. The van der Waals surface area contributed by atoms with Crippen molar-refractivity contribution in [3.05, 3.63) is 0 Å². The van der Waals surface area contributed by atoms with Gasteiger partial charge in [-0.1, -0.05) is 55.5 Å². The van der Waals surface area contributed by atoms with Crippen LogP contribution in [-0.2, 0) is 14.3 Å². The fourth-order valence-electron chi connectivity index (χ4n) is 0.911. The molecule has 5 heteroatoms. The summed E-state index contributed by atoms with van der Waals surface area (Å²) in [6.07, 6.45) is 6.12. The van der Waals surface area contributed by atoms with E-state index in [0.29, 0.717) is 6.61 Å². The van der Waals surface area contributed by atoms with E-state index in [1.54, 1.807) is 0 Å². The number of carboxylic acids is 1. The van der Waals surface area contributed by atoms with Gasteiger partial charge in [0.15, 0.2) is 0 Å². The van der Waals surface area contributed by atoms with Gasteiger partial charge in [-0.05, 0) is 12.8 Å². The van der Waals surface area contributed by atoms with Gasteiger partial charge in [-0.25, -0.2) is 0 Å². The van der Waals surface area contributed by atoms with E-state index in [1.807, 2.05) is 0 Å². The van der Waals surface area contributed by atoms with Gasteiger partial charge in [-0.15, -0.1) is 0 Å². The minimum atomic E-state index is -1.14. The zero-order valence-electron chi connectivity index (χ0n) is 11.4. The average Bonchev–Trinajstić information content (AvgIpc) is 2.33. The molecule has 0 unspecified atom stereocenters. The third-order valence-corrected chi connectivity index (χ3v) is 2.65. The van der Waals surface area contributed by atoms with Crippen molar-refractivity contribution < 1.29 is 19.4 Å². The molecular formula is C13H25BrO4. The van der Waals surface area contributed by atoms with Gasteiger partial charge in [0.2, 0.25) is 0 Å². The van der Waals surface area contributed by atoms with Crippen molar-refractivity contribution in [2.24, 2.45) is 0 Å². The second-order valence-electron chi connectivity index (χ2n) is 3.89. The summed E-state index contributed by atoms with van der Waals surface area (Å²) in [7, 11) is 0. The van der Waals surface area contributed by atoms with E-state index < -0.39 is 18.4 Å². The minimum absolute atomic E-state index is 0.328. The van der Waals surface area contributed by atoms with Gasteiger partial charge in [-0.3, -0.25) is 9.59 Å². The Balaban J connectivity index is 0. The van der Waals surface area contributed by atoms with Crippen LogP contribution in [0, 0.1) is 0 Å². The molecule has 0 aromatic heterocycles. The van der Waals surface area contributed by atoms with Crippen molar-refractivity contribution in [3.8, 4) is 0 Å². The predicted molar refractivity (Wildman–Crippen MR) is 76.1 cm³/mol. The molecule has 0 bridgehead atoms. The summed E-state index contributed by atoms with van der Waals surface area (Å²) in [5.74, 6) is -1.80. The average molecular weight is 325 g/mol. The molecule has 0 aliphatic carbocycles. The fraction of sp³-hybridized carbons (Fsp3) is 0.846. The van der Waals surface area contributed by atoms with Crippen LogP contribution in [0.4, 0.5) is 0 Å². The monoisotopic (exact) mass is 324 g/mol. The smallest absolute Gasteiger partial charge is 0.317 e.